The van der Waals surface area contributed by atoms with E-state index in [9.17, 15) is 10.1 Å². The van der Waals surface area contributed by atoms with Gasteiger partial charge in [0.15, 0.2) is 0 Å². The number of anilines is 1. The molecule has 0 aliphatic rings. The van der Waals surface area contributed by atoms with Gasteiger partial charge < -0.3 is 5.32 Å². The molecular formula is C14H17N3O2S. The van der Waals surface area contributed by atoms with Crippen LogP contribution in [0.25, 0.3) is 0 Å². The minimum atomic E-state index is -0.381. The van der Waals surface area contributed by atoms with E-state index in [1.54, 1.807) is 23.5 Å². The van der Waals surface area contributed by atoms with Gasteiger partial charge in [0.1, 0.15) is 0 Å². The van der Waals surface area contributed by atoms with Gasteiger partial charge in [0, 0.05) is 22.7 Å². The van der Waals surface area contributed by atoms with Crippen LogP contribution in [-0.4, -0.2) is 9.91 Å². The molecule has 0 aliphatic heterocycles. The Morgan fingerprint density at radius 3 is 2.55 bits per heavy atom. The predicted octanol–water partition coefficient (Wildman–Crippen LogP) is 4.15. The first kappa shape index (κ1) is 14.5. The topological polar surface area (TPSA) is 68.1 Å². The molecule has 1 heterocycles. The molecule has 1 N–H and O–H groups in total. The zero-order chi connectivity index (χ0) is 14.9. The molecule has 2 aromatic rings. The van der Waals surface area contributed by atoms with Crippen LogP contribution in [0.4, 0.5) is 11.4 Å². The molecule has 20 heavy (non-hydrogen) atoms. The highest BCUT2D eigenvalue weighted by atomic mass is 32.1. The molecule has 0 aliphatic carbocycles. The van der Waals surface area contributed by atoms with E-state index in [1.165, 1.54) is 10.9 Å². The zero-order valence-corrected chi connectivity index (χ0v) is 12.7. The van der Waals surface area contributed by atoms with Crippen molar-refractivity contribution in [2.45, 2.75) is 33.7 Å². The number of non-ortho nitro benzene ring substituents is 1. The van der Waals surface area contributed by atoms with Crippen LogP contribution in [0.2, 0.25) is 0 Å². The first-order valence-electron chi connectivity index (χ1n) is 6.34. The Balaban J connectivity index is 2.22. The number of nitrogens with one attached hydrogen (secondary N) is 1. The summed E-state index contributed by atoms with van der Waals surface area (Å²) in [6, 6.07) is 4.91. The van der Waals surface area contributed by atoms with Crippen molar-refractivity contribution in [1.82, 2.24) is 4.98 Å². The number of rotatable bonds is 4. The van der Waals surface area contributed by atoms with Crippen LogP contribution in [0.3, 0.4) is 0 Å². The number of benzene rings is 1. The van der Waals surface area contributed by atoms with E-state index in [1.807, 2.05) is 20.8 Å². The molecule has 0 saturated heterocycles. The molecule has 1 atom stereocenters. The van der Waals surface area contributed by atoms with Crippen LogP contribution < -0.4 is 5.32 Å². The van der Waals surface area contributed by atoms with Gasteiger partial charge in [-0.25, -0.2) is 4.98 Å². The Morgan fingerprint density at radius 1 is 1.35 bits per heavy atom. The summed E-state index contributed by atoms with van der Waals surface area (Å²) >= 11 is 1.68. The van der Waals surface area contributed by atoms with Gasteiger partial charge in [0.25, 0.3) is 5.69 Å². The van der Waals surface area contributed by atoms with Crippen LogP contribution >= 0.6 is 11.3 Å². The van der Waals surface area contributed by atoms with E-state index in [4.69, 9.17) is 0 Å². The van der Waals surface area contributed by atoms with Crippen molar-refractivity contribution < 1.29 is 4.92 Å². The minimum Gasteiger partial charge on any atom is -0.377 e. The van der Waals surface area contributed by atoms with Crippen molar-refractivity contribution in [2.24, 2.45) is 0 Å². The van der Waals surface area contributed by atoms with Crippen molar-refractivity contribution >= 4 is 22.7 Å². The standard InChI is InChI=1S/C14H17N3O2S/c1-8-7-12(17(18)19)5-6-13(8)15-9(2)14-10(3)20-11(4)16-14/h5-7,9,15H,1-4H3. The second-order valence-electron chi connectivity index (χ2n) is 4.80. The largest absolute Gasteiger partial charge is 0.377 e. The Kier molecular flexibility index (Phi) is 4.04. The zero-order valence-electron chi connectivity index (χ0n) is 11.9. The summed E-state index contributed by atoms with van der Waals surface area (Å²) in [4.78, 5) is 16.1. The van der Waals surface area contributed by atoms with Gasteiger partial charge >= 0.3 is 0 Å². The molecule has 5 nitrogen and oxygen atoms in total. The molecule has 0 fully saturated rings. The predicted molar refractivity (Wildman–Crippen MR) is 81.5 cm³/mol. The SMILES string of the molecule is Cc1nc(C(C)Nc2ccc([N+](=O)[O-])cc2C)c(C)s1. The Bertz CT molecular complexity index is 652. The third kappa shape index (κ3) is 2.96. The van der Waals surface area contributed by atoms with Crippen molar-refractivity contribution in [3.8, 4) is 0 Å². The van der Waals surface area contributed by atoms with E-state index < -0.39 is 0 Å². The number of aryl methyl sites for hydroxylation is 3. The fourth-order valence-corrected chi connectivity index (χ4v) is 3.09. The Morgan fingerprint density at radius 2 is 2.05 bits per heavy atom. The number of nitro groups is 1. The lowest BCUT2D eigenvalue weighted by atomic mass is 10.1. The van der Waals surface area contributed by atoms with Crippen LogP contribution in [0.5, 0.6) is 0 Å². The highest BCUT2D eigenvalue weighted by molar-refractivity contribution is 7.11. The maximum atomic E-state index is 10.7. The van der Waals surface area contributed by atoms with Crippen molar-refractivity contribution in [2.75, 3.05) is 5.32 Å². The monoisotopic (exact) mass is 291 g/mol. The van der Waals surface area contributed by atoms with E-state index >= 15 is 0 Å². The lowest BCUT2D eigenvalue weighted by Crippen LogP contribution is -2.09. The van der Waals surface area contributed by atoms with E-state index in [0.717, 1.165) is 22.0 Å². The minimum absolute atomic E-state index is 0.0695. The number of hydrogen-bond donors (Lipinski definition) is 1. The third-order valence-corrected chi connectivity index (χ3v) is 4.04. The van der Waals surface area contributed by atoms with Gasteiger partial charge in [-0.05, 0) is 39.3 Å². The molecule has 1 unspecified atom stereocenters. The van der Waals surface area contributed by atoms with Gasteiger partial charge in [-0.1, -0.05) is 0 Å². The van der Waals surface area contributed by atoms with Crippen LogP contribution in [0.15, 0.2) is 18.2 Å². The summed E-state index contributed by atoms with van der Waals surface area (Å²) in [7, 11) is 0. The molecular weight excluding hydrogens is 274 g/mol. The van der Waals surface area contributed by atoms with Crippen LogP contribution in [0, 0.1) is 30.9 Å². The van der Waals surface area contributed by atoms with Gasteiger partial charge in [-0.3, -0.25) is 10.1 Å². The molecule has 2 rings (SSSR count). The summed E-state index contributed by atoms with van der Waals surface area (Å²) < 4.78 is 0. The summed E-state index contributed by atoms with van der Waals surface area (Å²) in [5.74, 6) is 0. The second-order valence-corrected chi connectivity index (χ2v) is 6.20. The smallest absolute Gasteiger partial charge is 0.269 e. The average molecular weight is 291 g/mol. The third-order valence-electron chi connectivity index (χ3n) is 3.14. The Hall–Kier alpha value is -1.95. The molecule has 0 saturated carbocycles. The van der Waals surface area contributed by atoms with Gasteiger partial charge in [0.2, 0.25) is 0 Å². The Labute approximate surface area is 121 Å². The molecule has 0 amide bonds. The first-order valence-corrected chi connectivity index (χ1v) is 7.15. The van der Waals surface area contributed by atoms with Crippen LogP contribution in [0.1, 0.15) is 34.1 Å². The van der Waals surface area contributed by atoms with E-state index in [0.29, 0.717) is 0 Å². The molecule has 1 aromatic carbocycles. The van der Waals surface area contributed by atoms with Gasteiger partial charge in [0.05, 0.1) is 21.7 Å². The highest BCUT2D eigenvalue weighted by Crippen LogP contribution is 2.28. The maximum absolute atomic E-state index is 10.7. The number of nitro benzene ring substituents is 1. The number of thiazole rings is 1. The average Bonchev–Trinajstić information content (AvgIpc) is 2.70. The summed E-state index contributed by atoms with van der Waals surface area (Å²) in [5, 5.41) is 15.1. The quantitative estimate of drug-likeness (QED) is 0.678. The maximum Gasteiger partial charge on any atom is 0.269 e. The number of aromatic nitrogens is 1. The lowest BCUT2D eigenvalue weighted by Gasteiger charge is -2.16. The van der Waals surface area contributed by atoms with Crippen LogP contribution in [-0.2, 0) is 0 Å². The van der Waals surface area contributed by atoms with E-state index in [-0.39, 0.29) is 16.7 Å². The summed E-state index contributed by atoms with van der Waals surface area (Å²) in [5.41, 5.74) is 2.90. The molecule has 106 valence electrons. The lowest BCUT2D eigenvalue weighted by molar-refractivity contribution is -0.384. The van der Waals surface area contributed by atoms with Gasteiger partial charge in [-0.15, -0.1) is 11.3 Å². The molecule has 0 radical (unpaired) electrons. The number of nitrogens with zero attached hydrogens (tertiary/aromatic N) is 2. The van der Waals surface area contributed by atoms with Crippen molar-refractivity contribution in [3.05, 3.63) is 49.5 Å². The second kappa shape index (κ2) is 5.58. The highest BCUT2D eigenvalue weighted by Gasteiger charge is 2.15. The first-order chi connectivity index (χ1) is 9.38. The fraction of sp³-hybridized carbons (Fsp3) is 0.357. The number of hydrogen-bond acceptors (Lipinski definition) is 5. The molecule has 0 spiro atoms. The molecule has 0 bridgehead atoms. The van der Waals surface area contributed by atoms with Crippen molar-refractivity contribution in [1.29, 1.82) is 0 Å². The van der Waals surface area contributed by atoms with Crippen molar-refractivity contribution in [3.63, 3.8) is 0 Å². The summed E-state index contributed by atoms with van der Waals surface area (Å²) in [6.45, 7) is 7.95. The fourth-order valence-electron chi connectivity index (χ4n) is 2.17. The molecule has 1 aromatic heterocycles. The molecule has 6 heteroatoms. The summed E-state index contributed by atoms with van der Waals surface area (Å²) in [6.07, 6.45) is 0. The van der Waals surface area contributed by atoms with Gasteiger partial charge in [-0.2, -0.15) is 0 Å². The normalized spacial score (nSPS) is 12.2. The van der Waals surface area contributed by atoms with E-state index in [2.05, 4.69) is 17.2 Å².